The number of alkyl halides is 3. The Hall–Kier alpha value is -1.82. The summed E-state index contributed by atoms with van der Waals surface area (Å²) < 4.78 is 37.6. The Morgan fingerprint density at radius 2 is 1.68 bits per heavy atom. The number of benzene rings is 1. The van der Waals surface area contributed by atoms with Crippen LogP contribution in [0.4, 0.5) is 13.2 Å². The molecule has 1 heterocycles. The van der Waals surface area contributed by atoms with Crippen molar-refractivity contribution in [1.29, 1.82) is 0 Å². The molecule has 0 unspecified atom stereocenters. The highest BCUT2D eigenvalue weighted by Crippen LogP contribution is 2.29. The third-order valence-corrected chi connectivity index (χ3v) is 4.58. The number of rotatable bonds is 7. The van der Waals surface area contributed by atoms with Crippen molar-refractivity contribution in [3.8, 4) is 0 Å². The molecule has 2 rings (SSSR count). The molecule has 154 valence electrons. The highest BCUT2D eigenvalue weighted by molar-refractivity contribution is 14.0. The number of halogens is 4. The number of nitrogens with one attached hydrogen (secondary N) is 3. The minimum atomic E-state index is -4.41. The zero-order valence-corrected chi connectivity index (χ0v) is 18.3. The predicted octanol–water partition coefficient (Wildman–Crippen LogP) is 3.52. The van der Waals surface area contributed by atoms with Crippen molar-refractivity contribution in [2.75, 3.05) is 26.7 Å². The highest BCUT2D eigenvalue weighted by atomic mass is 127. The molecule has 0 aliphatic heterocycles. The molecule has 0 atom stereocenters. The molecule has 0 aliphatic rings. The lowest BCUT2D eigenvalue weighted by Gasteiger charge is -2.12. The van der Waals surface area contributed by atoms with Crippen molar-refractivity contribution in [3.63, 3.8) is 0 Å². The van der Waals surface area contributed by atoms with Crippen molar-refractivity contribution in [3.05, 3.63) is 57.8 Å². The van der Waals surface area contributed by atoms with Gasteiger partial charge in [0.1, 0.15) is 0 Å². The van der Waals surface area contributed by atoms with Crippen molar-refractivity contribution in [2.45, 2.75) is 12.6 Å². The molecule has 3 N–H and O–H groups in total. The van der Waals surface area contributed by atoms with Crippen LogP contribution in [-0.2, 0) is 12.6 Å². The van der Waals surface area contributed by atoms with E-state index in [4.69, 9.17) is 0 Å². The van der Waals surface area contributed by atoms with Crippen LogP contribution in [0, 0.1) is 0 Å². The summed E-state index contributed by atoms with van der Waals surface area (Å²) in [4.78, 5) is 17.3. The summed E-state index contributed by atoms with van der Waals surface area (Å²) in [5, 5.41) is 10.9. The zero-order chi connectivity index (χ0) is 19.7. The lowest BCUT2D eigenvalue weighted by Crippen LogP contribution is -2.42. The van der Waals surface area contributed by atoms with E-state index in [1.807, 2.05) is 11.4 Å². The molecule has 1 aromatic heterocycles. The van der Waals surface area contributed by atoms with Gasteiger partial charge in [-0.25, -0.2) is 0 Å². The lowest BCUT2D eigenvalue weighted by molar-refractivity contribution is -0.137. The minimum Gasteiger partial charge on any atom is -0.356 e. The van der Waals surface area contributed by atoms with Crippen molar-refractivity contribution >= 4 is 47.2 Å². The van der Waals surface area contributed by atoms with Crippen molar-refractivity contribution in [2.24, 2.45) is 4.99 Å². The Labute approximate surface area is 182 Å². The molecule has 0 saturated heterocycles. The maximum absolute atomic E-state index is 12.5. The number of hydrogen-bond donors (Lipinski definition) is 3. The van der Waals surface area contributed by atoms with Crippen LogP contribution in [0.2, 0.25) is 0 Å². The maximum atomic E-state index is 12.5. The summed E-state index contributed by atoms with van der Waals surface area (Å²) in [5.74, 6) is 0.196. The Kier molecular flexibility index (Phi) is 10.3. The van der Waals surface area contributed by atoms with Gasteiger partial charge in [-0.3, -0.25) is 9.79 Å². The fourth-order valence-electron chi connectivity index (χ4n) is 2.25. The number of hydrogen-bond acceptors (Lipinski definition) is 3. The first-order valence-corrected chi connectivity index (χ1v) is 9.20. The first-order chi connectivity index (χ1) is 12.9. The molecule has 2 aromatic rings. The van der Waals surface area contributed by atoms with Gasteiger partial charge in [-0.05, 0) is 42.1 Å². The maximum Gasteiger partial charge on any atom is 0.416 e. The van der Waals surface area contributed by atoms with Crippen molar-refractivity contribution < 1.29 is 18.0 Å². The fraction of sp³-hybridized carbons (Fsp3) is 0.333. The fourth-order valence-corrected chi connectivity index (χ4v) is 2.96. The number of thiophene rings is 1. The second-order valence-corrected chi connectivity index (χ2v) is 6.62. The van der Waals surface area contributed by atoms with Gasteiger partial charge < -0.3 is 16.0 Å². The standard InChI is InChI=1S/C18H21F3N4OS.HI/c1-22-17(24-9-8-15-3-2-12-27-15)25-11-10-23-16(26)13-4-6-14(7-5-13)18(19,20)21;/h2-7,12H,8-11H2,1H3,(H,23,26)(H2,22,24,25);1H. The summed E-state index contributed by atoms with van der Waals surface area (Å²) in [6, 6.07) is 8.19. The van der Waals surface area contributed by atoms with Crippen LogP contribution in [0.15, 0.2) is 46.8 Å². The lowest BCUT2D eigenvalue weighted by atomic mass is 10.1. The highest BCUT2D eigenvalue weighted by Gasteiger charge is 2.30. The summed E-state index contributed by atoms with van der Waals surface area (Å²) in [6.45, 7) is 1.48. The second-order valence-electron chi connectivity index (χ2n) is 5.59. The first-order valence-electron chi connectivity index (χ1n) is 8.32. The van der Waals surface area contributed by atoms with E-state index in [0.717, 1.165) is 37.2 Å². The molecule has 0 radical (unpaired) electrons. The Balaban J connectivity index is 0.00000392. The Morgan fingerprint density at radius 1 is 1.04 bits per heavy atom. The summed E-state index contributed by atoms with van der Waals surface area (Å²) in [5.41, 5.74) is -0.598. The number of carbonyl (C=O) groups is 1. The van der Waals surface area contributed by atoms with Gasteiger partial charge in [0.05, 0.1) is 5.56 Å². The van der Waals surface area contributed by atoms with E-state index < -0.39 is 17.6 Å². The molecule has 10 heteroatoms. The topological polar surface area (TPSA) is 65.5 Å². The molecule has 0 spiro atoms. The molecule has 1 amide bonds. The van der Waals surface area contributed by atoms with E-state index in [2.05, 4.69) is 27.0 Å². The van der Waals surface area contributed by atoms with Crippen LogP contribution in [-0.4, -0.2) is 38.5 Å². The van der Waals surface area contributed by atoms with Crippen LogP contribution in [0.25, 0.3) is 0 Å². The SMILES string of the molecule is CN=C(NCCNC(=O)c1ccc(C(F)(F)F)cc1)NCCc1cccs1.I. The Morgan fingerprint density at radius 3 is 2.25 bits per heavy atom. The van der Waals surface area contributed by atoms with Gasteiger partial charge >= 0.3 is 6.18 Å². The summed E-state index contributed by atoms with van der Waals surface area (Å²) in [7, 11) is 1.65. The quantitative estimate of drug-likeness (QED) is 0.224. The monoisotopic (exact) mass is 526 g/mol. The van der Waals surface area contributed by atoms with E-state index in [1.54, 1.807) is 18.4 Å². The van der Waals surface area contributed by atoms with Gasteiger partial charge in [0.15, 0.2) is 5.96 Å². The van der Waals surface area contributed by atoms with Gasteiger partial charge in [-0.2, -0.15) is 13.2 Å². The smallest absolute Gasteiger partial charge is 0.356 e. The second kappa shape index (κ2) is 11.9. The molecule has 0 saturated carbocycles. The molecule has 0 aliphatic carbocycles. The van der Waals surface area contributed by atoms with Gasteiger partial charge in [-0.15, -0.1) is 35.3 Å². The molecule has 1 aromatic carbocycles. The molecule has 0 bridgehead atoms. The average Bonchev–Trinajstić information content (AvgIpc) is 3.16. The largest absolute Gasteiger partial charge is 0.416 e. The van der Waals surface area contributed by atoms with Gasteiger partial charge in [0, 0.05) is 37.1 Å². The van der Waals surface area contributed by atoms with Gasteiger partial charge in [0.2, 0.25) is 0 Å². The van der Waals surface area contributed by atoms with Crippen LogP contribution in [0.5, 0.6) is 0 Å². The zero-order valence-electron chi connectivity index (χ0n) is 15.2. The number of amides is 1. The third-order valence-electron chi connectivity index (χ3n) is 3.64. The average molecular weight is 526 g/mol. The van der Waals surface area contributed by atoms with Crippen LogP contribution >= 0.6 is 35.3 Å². The first kappa shape index (κ1) is 24.2. The van der Waals surface area contributed by atoms with Crippen LogP contribution in [0.1, 0.15) is 20.8 Å². The Bertz CT molecular complexity index is 749. The van der Waals surface area contributed by atoms with Gasteiger partial charge in [0.25, 0.3) is 5.91 Å². The predicted molar refractivity (Wildman–Crippen MR) is 117 cm³/mol. The molecular weight excluding hydrogens is 504 g/mol. The van der Waals surface area contributed by atoms with E-state index >= 15 is 0 Å². The normalized spacial score (nSPS) is 11.5. The van der Waals surface area contributed by atoms with Crippen molar-refractivity contribution in [1.82, 2.24) is 16.0 Å². The van der Waals surface area contributed by atoms with E-state index in [1.165, 1.54) is 4.88 Å². The molecule has 28 heavy (non-hydrogen) atoms. The van der Waals surface area contributed by atoms with E-state index in [-0.39, 0.29) is 29.5 Å². The number of aliphatic imine (C=N–C) groups is 1. The van der Waals surface area contributed by atoms with E-state index in [9.17, 15) is 18.0 Å². The number of guanidine groups is 1. The van der Waals surface area contributed by atoms with Gasteiger partial charge in [-0.1, -0.05) is 6.07 Å². The van der Waals surface area contributed by atoms with Crippen LogP contribution < -0.4 is 16.0 Å². The number of nitrogens with zero attached hydrogens (tertiary/aromatic N) is 1. The summed E-state index contributed by atoms with van der Waals surface area (Å²) >= 11 is 1.70. The van der Waals surface area contributed by atoms with Crippen LogP contribution in [0.3, 0.4) is 0 Å². The third kappa shape index (κ3) is 8.05. The molecule has 5 nitrogen and oxygen atoms in total. The summed E-state index contributed by atoms with van der Waals surface area (Å²) in [6.07, 6.45) is -3.52. The molecular formula is C18H22F3IN4OS. The number of carbonyl (C=O) groups excluding carboxylic acids is 1. The molecule has 0 fully saturated rings. The van der Waals surface area contributed by atoms with E-state index in [0.29, 0.717) is 19.0 Å². The minimum absolute atomic E-state index is 0.